The Hall–Kier alpha value is -1.82. The van der Waals surface area contributed by atoms with E-state index in [0.717, 1.165) is 0 Å². The van der Waals surface area contributed by atoms with Crippen LogP contribution in [0.1, 0.15) is 27.2 Å². The van der Waals surface area contributed by atoms with Crippen molar-refractivity contribution in [3.63, 3.8) is 0 Å². The summed E-state index contributed by atoms with van der Waals surface area (Å²) >= 11 is 5.65. The molecule has 0 unspecified atom stereocenters. The van der Waals surface area contributed by atoms with Crippen molar-refractivity contribution in [3.05, 3.63) is 12.1 Å². The van der Waals surface area contributed by atoms with Crippen LogP contribution in [0.5, 0.6) is 17.2 Å². The molecule has 0 heterocycles. The molecule has 0 fully saturated rings. The number of anilines is 1. The Kier molecular flexibility index (Phi) is 7.29. The van der Waals surface area contributed by atoms with Gasteiger partial charge in [0.15, 0.2) is 11.5 Å². The quantitative estimate of drug-likeness (QED) is 0.596. The van der Waals surface area contributed by atoms with Gasteiger partial charge in [-0.3, -0.25) is 5.32 Å². The van der Waals surface area contributed by atoms with E-state index < -0.39 is 11.7 Å². The summed E-state index contributed by atoms with van der Waals surface area (Å²) in [6.07, 6.45) is 0.132. The third-order valence-electron chi connectivity index (χ3n) is 2.63. The lowest BCUT2D eigenvalue weighted by Gasteiger charge is -2.20. The van der Waals surface area contributed by atoms with Gasteiger partial charge in [0.1, 0.15) is 5.60 Å². The molecule has 1 N–H and O–H groups in total. The van der Waals surface area contributed by atoms with Crippen LogP contribution in [0.15, 0.2) is 12.1 Å². The van der Waals surface area contributed by atoms with Crippen molar-refractivity contribution in [3.8, 4) is 17.2 Å². The van der Waals surface area contributed by atoms with Crippen LogP contribution in [-0.2, 0) is 4.74 Å². The third-order valence-corrected chi connectivity index (χ3v) is 2.89. The Balaban J connectivity index is 2.99. The number of methoxy groups -OCH3 is 2. The van der Waals surface area contributed by atoms with Gasteiger partial charge in [-0.2, -0.15) is 0 Å². The second kappa shape index (κ2) is 8.72. The van der Waals surface area contributed by atoms with E-state index in [1.54, 1.807) is 32.9 Å². The van der Waals surface area contributed by atoms with E-state index in [1.807, 2.05) is 0 Å². The molecule has 23 heavy (non-hydrogen) atoms. The lowest BCUT2D eigenvalue weighted by Crippen LogP contribution is -2.27. The normalized spacial score (nSPS) is 10.9. The molecule has 0 atom stereocenters. The molecule has 0 spiro atoms. The van der Waals surface area contributed by atoms with Crippen molar-refractivity contribution in [2.24, 2.45) is 0 Å². The van der Waals surface area contributed by atoms with Crippen molar-refractivity contribution in [2.75, 3.05) is 32.0 Å². The summed E-state index contributed by atoms with van der Waals surface area (Å²) in [5, 5.41) is 2.65. The maximum atomic E-state index is 11.9. The van der Waals surface area contributed by atoms with Gasteiger partial charge in [-0.25, -0.2) is 4.79 Å². The van der Waals surface area contributed by atoms with Gasteiger partial charge in [-0.15, -0.1) is 11.6 Å². The number of benzene rings is 1. The largest absolute Gasteiger partial charge is 0.493 e. The summed E-state index contributed by atoms with van der Waals surface area (Å²) in [5.41, 5.74) is -0.0990. The molecular formula is C16H24ClNO5. The summed E-state index contributed by atoms with van der Waals surface area (Å²) in [6.45, 7) is 5.81. The minimum Gasteiger partial charge on any atom is -0.493 e. The molecule has 1 aromatic rings. The number of halogens is 1. The number of alkyl halides is 1. The fraction of sp³-hybridized carbons (Fsp3) is 0.562. The van der Waals surface area contributed by atoms with Gasteiger partial charge in [-0.05, 0) is 27.2 Å². The van der Waals surface area contributed by atoms with E-state index >= 15 is 0 Å². The molecule has 0 aromatic heterocycles. The minimum atomic E-state index is -0.583. The fourth-order valence-electron chi connectivity index (χ4n) is 1.77. The number of rotatable bonds is 7. The van der Waals surface area contributed by atoms with E-state index in [1.165, 1.54) is 14.2 Å². The average Bonchev–Trinajstić information content (AvgIpc) is 2.44. The minimum absolute atomic E-state index is 0.429. The molecule has 0 aliphatic heterocycles. The van der Waals surface area contributed by atoms with Gasteiger partial charge in [0.05, 0.1) is 26.5 Å². The standard InChI is InChI=1S/C16H24ClNO5/c1-16(2,3)23-15(19)18-11-9-12(20-4)14(21-5)13(10-11)22-8-6-7-17/h9-10H,6-8H2,1-5H3,(H,18,19). The molecule has 0 aliphatic rings. The van der Waals surface area contributed by atoms with Crippen LogP contribution < -0.4 is 19.5 Å². The average molecular weight is 346 g/mol. The van der Waals surface area contributed by atoms with Gasteiger partial charge in [0.2, 0.25) is 5.75 Å². The van der Waals surface area contributed by atoms with Crippen molar-refractivity contribution in [1.29, 1.82) is 0 Å². The Morgan fingerprint density at radius 2 is 1.83 bits per heavy atom. The zero-order valence-corrected chi connectivity index (χ0v) is 15.0. The SMILES string of the molecule is COc1cc(NC(=O)OC(C)(C)C)cc(OCCCCl)c1OC. The molecule has 0 aliphatic carbocycles. The summed E-state index contributed by atoms with van der Waals surface area (Å²) in [4.78, 5) is 11.9. The van der Waals surface area contributed by atoms with Crippen LogP contribution >= 0.6 is 11.6 Å². The van der Waals surface area contributed by atoms with Gasteiger partial charge in [0.25, 0.3) is 0 Å². The van der Waals surface area contributed by atoms with Crippen LogP contribution in [0.2, 0.25) is 0 Å². The number of hydrogen-bond donors (Lipinski definition) is 1. The molecule has 1 rings (SSSR count). The van der Waals surface area contributed by atoms with E-state index in [4.69, 9.17) is 30.5 Å². The number of amides is 1. The molecule has 6 nitrogen and oxygen atoms in total. The van der Waals surface area contributed by atoms with Crippen LogP contribution in [0.25, 0.3) is 0 Å². The highest BCUT2D eigenvalue weighted by molar-refractivity contribution is 6.17. The fourth-order valence-corrected chi connectivity index (χ4v) is 1.88. The van der Waals surface area contributed by atoms with Crippen molar-refractivity contribution >= 4 is 23.4 Å². The molecular weight excluding hydrogens is 322 g/mol. The molecule has 1 amide bonds. The molecule has 1 aromatic carbocycles. The van der Waals surface area contributed by atoms with Crippen molar-refractivity contribution < 1.29 is 23.7 Å². The van der Waals surface area contributed by atoms with E-state index in [-0.39, 0.29) is 0 Å². The first kappa shape index (κ1) is 19.2. The van der Waals surface area contributed by atoms with Gasteiger partial charge in [-0.1, -0.05) is 0 Å². The predicted molar refractivity (Wildman–Crippen MR) is 90.2 cm³/mol. The van der Waals surface area contributed by atoms with Crippen LogP contribution in [0.3, 0.4) is 0 Å². The number of hydrogen-bond acceptors (Lipinski definition) is 5. The Bertz CT molecular complexity index is 528. The smallest absolute Gasteiger partial charge is 0.412 e. The zero-order chi connectivity index (χ0) is 17.5. The first-order valence-electron chi connectivity index (χ1n) is 7.25. The second-order valence-corrected chi connectivity index (χ2v) is 6.11. The summed E-state index contributed by atoms with van der Waals surface area (Å²) in [6, 6.07) is 3.29. The molecule has 0 saturated heterocycles. The highest BCUT2D eigenvalue weighted by Gasteiger charge is 2.19. The highest BCUT2D eigenvalue weighted by Crippen LogP contribution is 2.40. The van der Waals surface area contributed by atoms with E-state index in [9.17, 15) is 4.79 Å². The second-order valence-electron chi connectivity index (χ2n) is 5.73. The first-order valence-corrected chi connectivity index (χ1v) is 7.79. The summed E-state index contributed by atoms with van der Waals surface area (Å²) in [7, 11) is 3.03. The Morgan fingerprint density at radius 1 is 1.17 bits per heavy atom. The predicted octanol–water partition coefficient (Wildman–Crippen LogP) is 4.06. The topological polar surface area (TPSA) is 66.0 Å². The van der Waals surface area contributed by atoms with Crippen LogP contribution in [0.4, 0.5) is 10.5 Å². The Morgan fingerprint density at radius 3 is 2.35 bits per heavy atom. The van der Waals surface area contributed by atoms with Crippen molar-refractivity contribution in [2.45, 2.75) is 32.8 Å². The summed E-state index contributed by atoms with van der Waals surface area (Å²) in [5.74, 6) is 1.86. The number of nitrogens with one attached hydrogen (secondary N) is 1. The number of carbonyl (C=O) groups excluding carboxylic acids is 1. The molecule has 0 saturated carbocycles. The van der Waals surface area contributed by atoms with Crippen molar-refractivity contribution in [1.82, 2.24) is 0 Å². The summed E-state index contributed by atoms with van der Waals surface area (Å²) < 4.78 is 21.5. The maximum absolute atomic E-state index is 11.9. The number of ether oxygens (including phenoxy) is 4. The maximum Gasteiger partial charge on any atom is 0.412 e. The van der Waals surface area contributed by atoms with Gasteiger partial charge >= 0.3 is 6.09 Å². The van der Waals surface area contributed by atoms with E-state index in [0.29, 0.717) is 41.8 Å². The monoisotopic (exact) mass is 345 g/mol. The third kappa shape index (κ3) is 6.44. The van der Waals surface area contributed by atoms with Crippen LogP contribution in [-0.4, -0.2) is 38.4 Å². The van der Waals surface area contributed by atoms with Gasteiger partial charge in [0, 0.05) is 18.0 Å². The lowest BCUT2D eigenvalue weighted by molar-refractivity contribution is 0.0636. The van der Waals surface area contributed by atoms with Crippen LogP contribution in [0, 0.1) is 0 Å². The van der Waals surface area contributed by atoms with E-state index in [2.05, 4.69) is 5.32 Å². The molecule has 0 bridgehead atoms. The lowest BCUT2D eigenvalue weighted by atomic mass is 10.2. The Labute approximate surface area is 142 Å². The molecule has 130 valence electrons. The highest BCUT2D eigenvalue weighted by atomic mass is 35.5. The van der Waals surface area contributed by atoms with Gasteiger partial charge < -0.3 is 18.9 Å². The first-order chi connectivity index (χ1) is 10.8. The molecule has 7 heteroatoms. The number of carbonyl (C=O) groups is 1. The zero-order valence-electron chi connectivity index (χ0n) is 14.2. The molecule has 0 radical (unpaired) electrons.